The summed E-state index contributed by atoms with van der Waals surface area (Å²) in [4.78, 5) is 11.7. The predicted octanol–water partition coefficient (Wildman–Crippen LogP) is 3.69. The zero-order chi connectivity index (χ0) is 14.4. The zero-order valence-corrected chi connectivity index (χ0v) is 12.0. The summed E-state index contributed by atoms with van der Waals surface area (Å²) in [5, 5.41) is 4.92. The molecule has 0 fully saturated rings. The van der Waals surface area contributed by atoms with Gasteiger partial charge in [0.1, 0.15) is 0 Å². The van der Waals surface area contributed by atoms with E-state index in [9.17, 15) is 4.79 Å². The molecule has 1 amide bonds. The molecule has 0 unspecified atom stereocenters. The summed E-state index contributed by atoms with van der Waals surface area (Å²) in [7, 11) is 0. The third-order valence-electron chi connectivity index (χ3n) is 2.56. The molecule has 0 aliphatic carbocycles. The lowest BCUT2D eigenvalue weighted by molar-refractivity contribution is -0.120. The summed E-state index contributed by atoms with van der Waals surface area (Å²) in [6.07, 6.45) is 1.77. The standard InChI is InChI=1S/C15H12Cl2N2O/c16-13-7-6-12(14(17)9-13)10-18-19-15(20)8-11-4-2-1-3-5-11/h1-7,9-10H,8H2,(H,19,20)/b18-10-. The number of rotatable bonds is 4. The Labute approximate surface area is 127 Å². The SMILES string of the molecule is O=C(Cc1ccccc1)N/N=C\c1ccc(Cl)cc1Cl. The normalized spacial score (nSPS) is 10.7. The summed E-state index contributed by atoms with van der Waals surface area (Å²) < 4.78 is 0. The molecule has 0 heterocycles. The summed E-state index contributed by atoms with van der Waals surface area (Å²) >= 11 is 11.8. The molecule has 0 spiro atoms. The van der Waals surface area contributed by atoms with Crippen LogP contribution < -0.4 is 5.43 Å². The molecule has 1 N–H and O–H groups in total. The molecule has 5 heteroatoms. The molecule has 3 nitrogen and oxygen atoms in total. The molecule has 20 heavy (non-hydrogen) atoms. The molecule has 2 aromatic carbocycles. The van der Waals surface area contributed by atoms with Gasteiger partial charge in [0.15, 0.2) is 0 Å². The number of carbonyl (C=O) groups excluding carboxylic acids is 1. The summed E-state index contributed by atoms with van der Waals surface area (Å²) in [5.74, 6) is -0.183. The number of halogens is 2. The molecule has 2 aromatic rings. The number of amides is 1. The maximum atomic E-state index is 11.7. The summed E-state index contributed by atoms with van der Waals surface area (Å²) in [6.45, 7) is 0. The first-order valence-electron chi connectivity index (χ1n) is 5.96. The van der Waals surface area contributed by atoms with E-state index in [1.54, 1.807) is 18.2 Å². The minimum atomic E-state index is -0.183. The van der Waals surface area contributed by atoms with Crippen LogP contribution in [-0.4, -0.2) is 12.1 Å². The third kappa shape index (κ3) is 4.37. The molecule has 2 rings (SSSR count). The summed E-state index contributed by atoms with van der Waals surface area (Å²) in [6, 6.07) is 14.5. The smallest absolute Gasteiger partial charge is 0.244 e. The number of carbonyl (C=O) groups is 1. The number of hydrogen-bond acceptors (Lipinski definition) is 2. The highest BCUT2D eigenvalue weighted by atomic mass is 35.5. The van der Waals surface area contributed by atoms with Crippen molar-refractivity contribution >= 4 is 35.3 Å². The van der Waals surface area contributed by atoms with Crippen molar-refractivity contribution in [3.63, 3.8) is 0 Å². The third-order valence-corrected chi connectivity index (χ3v) is 3.13. The van der Waals surface area contributed by atoms with Crippen molar-refractivity contribution < 1.29 is 4.79 Å². The predicted molar refractivity (Wildman–Crippen MR) is 82.3 cm³/mol. The van der Waals surface area contributed by atoms with E-state index in [4.69, 9.17) is 23.2 Å². The highest BCUT2D eigenvalue weighted by Crippen LogP contribution is 2.19. The van der Waals surface area contributed by atoms with E-state index in [1.807, 2.05) is 30.3 Å². The molecule has 0 saturated heterocycles. The Bertz CT molecular complexity index is 627. The van der Waals surface area contributed by atoms with Gasteiger partial charge in [0.2, 0.25) is 5.91 Å². The first kappa shape index (κ1) is 14.6. The van der Waals surface area contributed by atoms with Gasteiger partial charge in [-0.1, -0.05) is 59.6 Å². The van der Waals surface area contributed by atoms with Crippen LogP contribution in [0.3, 0.4) is 0 Å². The van der Waals surface area contributed by atoms with Crippen LogP contribution in [-0.2, 0) is 11.2 Å². The van der Waals surface area contributed by atoms with Crippen LogP contribution in [0.2, 0.25) is 10.0 Å². The van der Waals surface area contributed by atoms with Crippen LogP contribution in [0.15, 0.2) is 53.6 Å². The number of nitrogens with zero attached hydrogens (tertiary/aromatic N) is 1. The highest BCUT2D eigenvalue weighted by Gasteiger charge is 2.01. The quantitative estimate of drug-likeness (QED) is 0.679. The number of hydrazone groups is 1. The van der Waals surface area contributed by atoms with E-state index in [1.165, 1.54) is 6.21 Å². The number of nitrogens with one attached hydrogen (secondary N) is 1. The summed E-state index contributed by atoms with van der Waals surface area (Å²) in [5.41, 5.74) is 4.09. The van der Waals surface area contributed by atoms with Crippen LogP contribution in [0, 0.1) is 0 Å². The van der Waals surface area contributed by atoms with Gasteiger partial charge in [-0.2, -0.15) is 5.10 Å². The molecule has 0 radical (unpaired) electrons. The Hall–Kier alpha value is -1.84. The van der Waals surface area contributed by atoms with Gasteiger partial charge >= 0.3 is 0 Å². The second-order valence-corrected chi connectivity index (χ2v) is 4.97. The first-order valence-corrected chi connectivity index (χ1v) is 6.71. The average Bonchev–Trinajstić information content (AvgIpc) is 2.42. The maximum absolute atomic E-state index is 11.7. The van der Waals surface area contributed by atoms with Crippen LogP contribution >= 0.6 is 23.2 Å². The van der Waals surface area contributed by atoms with Gasteiger partial charge in [-0.15, -0.1) is 0 Å². The van der Waals surface area contributed by atoms with Crippen molar-refractivity contribution in [1.82, 2.24) is 5.43 Å². The first-order chi connectivity index (χ1) is 9.65. The van der Waals surface area contributed by atoms with Crippen LogP contribution in [0.5, 0.6) is 0 Å². The van der Waals surface area contributed by atoms with Gasteiger partial charge in [0.05, 0.1) is 17.7 Å². The minimum absolute atomic E-state index is 0.183. The molecule has 0 aliphatic heterocycles. The fraction of sp³-hybridized carbons (Fsp3) is 0.0667. The lowest BCUT2D eigenvalue weighted by Crippen LogP contribution is -2.19. The fourth-order valence-electron chi connectivity index (χ4n) is 1.60. The highest BCUT2D eigenvalue weighted by molar-refractivity contribution is 6.36. The Morgan fingerprint density at radius 1 is 1.15 bits per heavy atom. The van der Waals surface area contributed by atoms with Crippen molar-refractivity contribution in [2.24, 2.45) is 5.10 Å². The van der Waals surface area contributed by atoms with E-state index in [2.05, 4.69) is 10.5 Å². The van der Waals surface area contributed by atoms with E-state index >= 15 is 0 Å². The molecule has 0 saturated carbocycles. The molecular weight excluding hydrogens is 295 g/mol. The Morgan fingerprint density at radius 2 is 1.90 bits per heavy atom. The molecule has 0 aliphatic rings. The van der Waals surface area contributed by atoms with Crippen LogP contribution in [0.4, 0.5) is 0 Å². The molecule has 0 aromatic heterocycles. The zero-order valence-electron chi connectivity index (χ0n) is 10.5. The monoisotopic (exact) mass is 306 g/mol. The Balaban J connectivity index is 1.91. The van der Waals surface area contributed by atoms with Gasteiger partial charge < -0.3 is 0 Å². The molecule has 0 atom stereocenters. The van der Waals surface area contributed by atoms with E-state index in [-0.39, 0.29) is 12.3 Å². The van der Waals surface area contributed by atoms with Crippen molar-refractivity contribution in [1.29, 1.82) is 0 Å². The van der Waals surface area contributed by atoms with Crippen molar-refractivity contribution in [3.8, 4) is 0 Å². The van der Waals surface area contributed by atoms with E-state index in [0.717, 1.165) is 5.56 Å². The van der Waals surface area contributed by atoms with Gasteiger partial charge in [-0.05, 0) is 17.7 Å². The Morgan fingerprint density at radius 3 is 2.60 bits per heavy atom. The minimum Gasteiger partial charge on any atom is -0.273 e. The fourth-order valence-corrected chi connectivity index (χ4v) is 2.06. The second-order valence-electron chi connectivity index (χ2n) is 4.12. The number of benzene rings is 2. The van der Waals surface area contributed by atoms with Gasteiger partial charge in [-0.3, -0.25) is 4.79 Å². The number of hydrogen-bond donors (Lipinski definition) is 1. The van der Waals surface area contributed by atoms with Crippen LogP contribution in [0.25, 0.3) is 0 Å². The second kappa shape index (κ2) is 7.08. The Kier molecular flexibility index (Phi) is 5.16. The van der Waals surface area contributed by atoms with E-state index < -0.39 is 0 Å². The molecular formula is C15H12Cl2N2O. The van der Waals surface area contributed by atoms with Crippen molar-refractivity contribution in [2.45, 2.75) is 6.42 Å². The lowest BCUT2D eigenvalue weighted by atomic mass is 10.1. The molecule has 0 bridgehead atoms. The average molecular weight is 307 g/mol. The molecule has 102 valence electrons. The van der Waals surface area contributed by atoms with Crippen LogP contribution in [0.1, 0.15) is 11.1 Å². The van der Waals surface area contributed by atoms with Gasteiger partial charge in [0.25, 0.3) is 0 Å². The van der Waals surface area contributed by atoms with Crippen molar-refractivity contribution in [3.05, 3.63) is 69.7 Å². The topological polar surface area (TPSA) is 41.5 Å². The largest absolute Gasteiger partial charge is 0.273 e. The lowest BCUT2D eigenvalue weighted by Gasteiger charge is -2.01. The van der Waals surface area contributed by atoms with Crippen molar-refractivity contribution in [2.75, 3.05) is 0 Å². The van der Waals surface area contributed by atoms with Gasteiger partial charge in [0, 0.05) is 10.6 Å². The van der Waals surface area contributed by atoms with Gasteiger partial charge in [-0.25, -0.2) is 5.43 Å². The van der Waals surface area contributed by atoms with E-state index in [0.29, 0.717) is 15.6 Å². The maximum Gasteiger partial charge on any atom is 0.244 e.